The average Bonchev–Trinajstić information content (AvgIpc) is 2.61. The van der Waals surface area contributed by atoms with Crippen molar-refractivity contribution in [2.24, 2.45) is 0 Å². The predicted molar refractivity (Wildman–Crippen MR) is 112 cm³/mol. The molecule has 0 aliphatic heterocycles. The lowest BCUT2D eigenvalue weighted by molar-refractivity contribution is -0.121. The van der Waals surface area contributed by atoms with Gasteiger partial charge < -0.3 is 10.1 Å². The van der Waals surface area contributed by atoms with Crippen molar-refractivity contribution in [3.05, 3.63) is 59.7 Å². The summed E-state index contributed by atoms with van der Waals surface area (Å²) in [5.74, 6) is 0.654. The Hall–Kier alpha value is -2.54. The van der Waals surface area contributed by atoms with E-state index >= 15 is 0 Å². The number of hydrogen-bond donors (Lipinski definition) is 1. The van der Waals surface area contributed by atoms with Gasteiger partial charge in [0.1, 0.15) is 12.4 Å². The molecule has 0 bridgehead atoms. The predicted octanol–water partition coefficient (Wildman–Crippen LogP) is 3.04. The van der Waals surface area contributed by atoms with Gasteiger partial charge in [-0.15, -0.1) is 0 Å². The maximum Gasteiger partial charge on any atom is 0.232 e. The van der Waals surface area contributed by atoms with Crippen LogP contribution in [-0.4, -0.2) is 40.3 Å². The molecule has 2 rings (SSSR count). The van der Waals surface area contributed by atoms with Gasteiger partial charge in [-0.05, 0) is 55.7 Å². The minimum absolute atomic E-state index is 0.120. The number of aryl methyl sites for hydroxylation is 2. The van der Waals surface area contributed by atoms with Crippen molar-refractivity contribution in [2.45, 2.75) is 26.7 Å². The quantitative estimate of drug-likeness (QED) is 0.618. The molecule has 0 unspecified atom stereocenters. The third-order valence-electron chi connectivity index (χ3n) is 4.14. The summed E-state index contributed by atoms with van der Waals surface area (Å²) in [4.78, 5) is 12.0. The largest absolute Gasteiger partial charge is 0.492 e. The van der Waals surface area contributed by atoms with Crippen molar-refractivity contribution in [1.29, 1.82) is 0 Å². The van der Waals surface area contributed by atoms with Gasteiger partial charge in [-0.25, -0.2) is 8.42 Å². The Bertz CT molecular complexity index is 897. The first-order valence-electron chi connectivity index (χ1n) is 9.26. The molecule has 0 saturated heterocycles. The number of carbonyl (C=O) groups excluding carboxylic acids is 1. The van der Waals surface area contributed by atoms with Crippen molar-refractivity contribution in [3.8, 4) is 5.75 Å². The van der Waals surface area contributed by atoms with Gasteiger partial charge in [-0.1, -0.05) is 24.3 Å². The van der Waals surface area contributed by atoms with Crippen LogP contribution in [0.15, 0.2) is 48.5 Å². The number of nitrogens with one attached hydrogen (secondary N) is 1. The molecule has 0 radical (unpaired) electrons. The second-order valence-electron chi connectivity index (χ2n) is 6.79. The summed E-state index contributed by atoms with van der Waals surface area (Å²) in [6.07, 6.45) is 1.87. The van der Waals surface area contributed by atoms with Gasteiger partial charge >= 0.3 is 0 Å². The first kappa shape index (κ1) is 21.8. The van der Waals surface area contributed by atoms with Crippen LogP contribution in [0.5, 0.6) is 5.75 Å². The van der Waals surface area contributed by atoms with Crippen molar-refractivity contribution in [3.63, 3.8) is 0 Å². The van der Waals surface area contributed by atoms with E-state index in [0.717, 1.165) is 16.9 Å². The highest BCUT2D eigenvalue weighted by Gasteiger charge is 2.17. The van der Waals surface area contributed by atoms with E-state index in [-0.39, 0.29) is 18.9 Å². The second kappa shape index (κ2) is 10.1. The molecule has 1 N–H and O–H groups in total. The van der Waals surface area contributed by atoms with Crippen LogP contribution in [0.4, 0.5) is 5.69 Å². The fraction of sp³-hybridized carbons (Fsp3) is 0.381. The summed E-state index contributed by atoms with van der Waals surface area (Å²) in [7, 11) is -3.41. The summed E-state index contributed by atoms with van der Waals surface area (Å²) in [6.45, 7) is 4.95. The highest BCUT2D eigenvalue weighted by atomic mass is 32.2. The molecule has 0 atom stereocenters. The number of nitrogens with zero attached hydrogens (tertiary/aromatic N) is 1. The van der Waals surface area contributed by atoms with Gasteiger partial charge in [0.2, 0.25) is 15.9 Å². The zero-order chi connectivity index (χ0) is 20.6. The van der Waals surface area contributed by atoms with E-state index in [1.165, 1.54) is 10.6 Å². The van der Waals surface area contributed by atoms with Gasteiger partial charge in [0.05, 0.1) is 18.5 Å². The molecule has 1 amide bonds. The van der Waals surface area contributed by atoms with Gasteiger partial charge in [0, 0.05) is 13.0 Å². The van der Waals surface area contributed by atoms with Gasteiger partial charge in [0.25, 0.3) is 0 Å². The molecule has 152 valence electrons. The molecule has 0 saturated carbocycles. The van der Waals surface area contributed by atoms with Crippen LogP contribution < -0.4 is 14.4 Å². The zero-order valence-electron chi connectivity index (χ0n) is 16.6. The number of carbonyl (C=O) groups is 1. The van der Waals surface area contributed by atoms with E-state index in [9.17, 15) is 13.2 Å². The van der Waals surface area contributed by atoms with E-state index in [4.69, 9.17) is 4.74 Å². The number of benzene rings is 2. The minimum Gasteiger partial charge on any atom is -0.492 e. The normalized spacial score (nSPS) is 11.1. The highest BCUT2D eigenvalue weighted by Crippen LogP contribution is 2.19. The fourth-order valence-corrected chi connectivity index (χ4v) is 3.76. The molecule has 28 heavy (non-hydrogen) atoms. The molecule has 0 aliphatic rings. The molecule has 7 heteroatoms. The molecule has 0 heterocycles. The first-order valence-corrected chi connectivity index (χ1v) is 11.1. The number of rotatable bonds is 10. The van der Waals surface area contributed by atoms with E-state index in [0.29, 0.717) is 25.3 Å². The number of amides is 1. The van der Waals surface area contributed by atoms with Crippen molar-refractivity contribution >= 4 is 21.6 Å². The number of ether oxygens (including phenoxy) is 1. The molecule has 6 nitrogen and oxygen atoms in total. The third-order valence-corrected chi connectivity index (χ3v) is 5.33. The zero-order valence-corrected chi connectivity index (χ0v) is 17.5. The van der Waals surface area contributed by atoms with E-state index < -0.39 is 10.0 Å². The van der Waals surface area contributed by atoms with Crippen LogP contribution in [0.25, 0.3) is 0 Å². The van der Waals surface area contributed by atoms with Crippen LogP contribution >= 0.6 is 0 Å². The van der Waals surface area contributed by atoms with Crippen LogP contribution in [-0.2, 0) is 14.8 Å². The Morgan fingerprint density at radius 2 is 1.75 bits per heavy atom. The average molecular weight is 405 g/mol. The monoisotopic (exact) mass is 404 g/mol. The summed E-state index contributed by atoms with van der Waals surface area (Å²) in [5.41, 5.74) is 2.72. The summed E-state index contributed by atoms with van der Waals surface area (Å²) in [6, 6.07) is 15.0. The Labute approximate surface area is 167 Å². The van der Waals surface area contributed by atoms with Crippen LogP contribution in [0.2, 0.25) is 0 Å². The number of sulfonamides is 1. The smallest absolute Gasteiger partial charge is 0.232 e. The van der Waals surface area contributed by atoms with E-state index in [1.54, 1.807) is 6.07 Å². The summed E-state index contributed by atoms with van der Waals surface area (Å²) in [5, 5.41) is 2.80. The fourth-order valence-electron chi connectivity index (χ4n) is 2.81. The molecular formula is C21H28N2O4S. The first-order chi connectivity index (χ1) is 13.3. The molecule has 0 aliphatic carbocycles. The van der Waals surface area contributed by atoms with Crippen LogP contribution in [0.3, 0.4) is 0 Å². The summed E-state index contributed by atoms with van der Waals surface area (Å²) >= 11 is 0. The topological polar surface area (TPSA) is 75.7 Å². The maximum absolute atomic E-state index is 12.1. The Balaban J connectivity index is 1.75. The molecule has 0 spiro atoms. The molecule has 0 aromatic heterocycles. The second-order valence-corrected chi connectivity index (χ2v) is 8.70. The molecule has 2 aromatic rings. The Morgan fingerprint density at radius 1 is 1.07 bits per heavy atom. The molecular weight excluding hydrogens is 376 g/mol. The number of anilines is 1. The van der Waals surface area contributed by atoms with Gasteiger partial charge in [-0.2, -0.15) is 0 Å². The lowest BCUT2D eigenvalue weighted by Crippen LogP contribution is -2.33. The highest BCUT2D eigenvalue weighted by molar-refractivity contribution is 7.92. The van der Waals surface area contributed by atoms with Gasteiger partial charge in [0.15, 0.2) is 0 Å². The number of hydrogen-bond acceptors (Lipinski definition) is 4. The van der Waals surface area contributed by atoms with E-state index in [1.807, 2.05) is 56.3 Å². The minimum atomic E-state index is -3.41. The standard InChI is InChI=1S/C21H28N2O4S/c1-17-7-4-9-19(15-17)23(28(3,25)26)13-6-11-21(24)22-12-14-27-20-10-5-8-18(2)16-20/h4-5,7-10,15-16H,6,11-14H2,1-3H3,(H,22,24). The SMILES string of the molecule is Cc1cccc(OCCNC(=O)CCCN(c2cccc(C)c2)S(C)(=O)=O)c1. The Morgan fingerprint density at radius 3 is 2.39 bits per heavy atom. The van der Waals surface area contributed by atoms with Crippen molar-refractivity contribution in [1.82, 2.24) is 5.32 Å². The third kappa shape index (κ3) is 7.23. The van der Waals surface area contributed by atoms with Gasteiger partial charge in [-0.3, -0.25) is 9.10 Å². The van der Waals surface area contributed by atoms with E-state index in [2.05, 4.69) is 5.32 Å². The summed E-state index contributed by atoms with van der Waals surface area (Å²) < 4.78 is 31.1. The maximum atomic E-state index is 12.1. The lowest BCUT2D eigenvalue weighted by atomic mass is 10.2. The van der Waals surface area contributed by atoms with Crippen molar-refractivity contribution < 1.29 is 17.9 Å². The molecule has 0 fully saturated rings. The Kier molecular flexibility index (Phi) is 7.87. The van der Waals surface area contributed by atoms with Crippen LogP contribution in [0, 0.1) is 13.8 Å². The van der Waals surface area contributed by atoms with Crippen LogP contribution in [0.1, 0.15) is 24.0 Å². The lowest BCUT2D eigenvalue weighted by Gasteiger charge is -2.22. The van der Waals surface area contributed by atoms with Crippen molar-refractivity contribution in [2.75, 3.05) is 30.3 Å². The molecule has 2 aromatic carbocycles.